The van der Waals surface area contributed by atoms with E-state index in [1.165, 1.54) is 35.4 Å². The molecule has 0 saturated heterocycles. The minimum atomic E-state index is -0.347. The molecule has 2 rings (SSSR count). The Labute approximate surface area is 119 Å². The Hall–Kier alpha value is -2.03. The van der Waals surface area contributed by atoms with Crippen LogP contribution in [0.25, 0.3) is 0 Å². The number of hydrogen-bond acceptors (Lipinski definition) is 2. The first kappa shape index (κ1) is 14.4. The summed E-state index contributed by atoms with van der Waals surface area (Å²) in [5.41, 5.74) is 5.93. The fraction of sp³-hybridized carbons (Fsp3) is 0.294. The van der Waals surface area contributed by atoms with Crippen molar-refractivity contribution in [2.75, 3.05) is 12.4 Å². The molecule has 2 aromatic rings. The Bertz CT molecular complexity index is 599. The maximum Gasteiger partial charge on any atom is 0.165 e. The van der Waals surface area contributed by atoms with E-state index in [0.717, 1.165) is 5.69 Å². The predicted molar refractivity (Wildman–Crippen MR) is 80.9 cm³/mol. The molecule has 0 radical (unpaired) electrons. The largest absolute Gasteiger partial charge is 0.494 e. The Balaban J connectivity index is 2.17. The highest BCUT2D eigenvalue weighted by atomic mass is 19.1. The van der Waals surface area contributed by atoms with E-state index < -0.39 is 0 Å². The summed E-state index contributed by atoms with van der Waals surface area (Å²) < 4.78 is 18.3. The maximum absolute atomic E-state index is 13.4. The lowest BCUT2D eigenvalue weighted by Crippen LogP contribution is -2.04. The van der Waals surface area contributed by atoms with Crippen LogP contribution in [-0.4, -0.2) is 7.11 Å². The number of rotatable bonds is 4. The minimum absolute atomic E-state index is 0.257. The number of methoxy groups -OCH3 is 1. The lowest BCUT2D eigenvalue weighted by Gasteiger charge is -2.14. The molecule has 1 N–H and O–H groups in total. The van der Waals surface area contributed by atoms with Gasteiger partial charge < -0.3 is 10.1 Å². The van der Waals surface area contributed by atoms with E-state index in [9.17, 15) is 4.39 Å². The van der Waals surface area contributed by atoms with Gasteiger partial charge in [0, 0.05) is 18.3 Å². The van der Waals surface area contributed by atoms with E-state index in [1.807, 2.05) is 0 Å². The van der Waals surface area contributed by atoms with E-state index in [0.29, 0.717) is 6.54 Å². The molecule has 106 valence electrons. The third-order valence-corrected chi connectivity index (χ3v) is 3.46. The molecule has 0 aliphatic rings. The van der Waals surface area contributed by atoms with Gasteiger partial charge in [0.2, 0.25) is 0 Å². The molecule has 0 aliphatic carbocycles. The van der Waals surface area contributed by atoms with E-state index in [2.05, 4.69) is 38.2 Å². The summed E-state index contributed by atoms with van der Waals surface area (Å²) in [5.74, 6) is -0.0897. The van der Waals surface area contributed by atoms with Crippen LogP contribution in [0.2, 0.25) is 0 Å². The highest BCUT2D eigenvalue weighted by Gasteiger charge is 2.06. The fourth-order valence-electron chi connectivity index (χ4n) is 2.45. The summed E-state index contributed by atoms with van der Waals surface area (Å²) in [6.45, 7) is 7.04. The zero-order valence-corrected chi connectivity index (χ0v) is 12.4. The van der Waals surface area contributed by atoms with Crippen LogP contribution in [0.5, 0.6) is 5.75 Å². The molecule has 0 aromatic heterocycles. The minimum Gasteiger partial charge on any atom is -0.494 e. The standard InChI is InChI=1S/C17H20FNO/c1-11-7-12(2)15(13(3)8-11)10-19-14-5-6-16(18)17(9-14)20-4/h5-9,19H,10H2,1-4H3. The molecular formula is C17H20FNO. The van der Waals surface area contributed by atoms with Crippen LogP contribution in [0.4, 0.5) is 10.1 Å². The first-order chi connectivity index (χ1) is 9.51. The van der Waals surface area contributed by atoms with Gasteiger partial charge in [0.25, 0.3) is 0 Å². The van der Waals surface area contributed by atoms with Gasteiger partial charge in [-0.3, -0.25) is 0 Å². The van der Waals surface area contributed by atoms with Gasteiger partial charge in [-0.05, 0) is 49.6 Å². The second-order valence-corrected chi connectivity index (χ2v) is 5.08. The van der Waals surface area contributed by atoms with Crippen molar-refractivity contribution >= 4 is 5.69 Å². The third kappa shape index (κ3) is 3.10. The number of benzene rings is 2. The number of anilines is 1. The Morgan fingerprint density at radius 3 is 2.30 bits per heavy atom. The number of nitrogens with one attached hydrogen (secondary N) is 1. The van der Waals surface area contributed by atoms with Gasteiger partial charge in [-0.1, -0.05) is 17.7 Å². The molecule has 0 spiro atoms. The fourth-order valence-corrected chi connectivity index (χ4v) is 2.45. The SMILES string of the molecule is COc1cc(NCc2c(C)cc(C)cc2C)ccc1F. The highest BCUT2D eigenvalue weighted by molar-refractivity contribution is 5.50. The Morgan fingerprint density at radius 2 is 1.70 bits per heavy atom. The summed E-state index contributed by atoms with van der Waals surface area (Å²) in [7, 11) is 1.47. The summed E-state index contributed by atoms with van der Waals surface area (Å²) in [5, 5.41) is 3.32. The van der Waals surface area contributed by atoms with Crippen molar-refractivity contribution in [1.82, 2.24) is 0 Å². The molecule has 0 saturated carbocycles. The average Bonchev–Trinajstić information content (AvgIpc) is 2.39. The van der Waals surface area contributed by atoms with Gasteiger partial charge in [0.15, 0.2) is 11.6 Å². The lowest BCUT2D eigenvalue weighted by atomic mass is 10.00. The second-order valence-electron chi connectivity index (χ2n) is 5.08. The van der Waals surface area contributed by atoms with E-state index in [-0.39, 0.29) is 11.6 Å². The first-order valence-corrected chi connectivity index (χ1v) is 6.65. The van der Waals surface area contributed by atoms with E-state index >= 15 is 0 Å². The summed E-state index contributed by atoms with van der Waals surface area (Å²) in [4.78, 5) is 0. The number of ether oxygens (including phenoxy) is 1. The average molecular weight is 273 g/mol. The monoisotopic (exact) mass is 273 g/mol. The smallest absolute Gasteiger partial charge is 0.165 e. The number of hydrogen-bond donors (Lipinski definition) is 1. The number of aryl methyl sites for hydroxylation is 3. The van der Waals surface area contributed by atoms with Crippen molar-refractivity contribution in [3.05, 3.63) is 58.4 Å². The molecule has 0 amide bonds. The van der Waals surface area contributed by atoms with Crippen LogP contribution in [0, 0.1) is 26.6 Å². The van der Waals surface area contributed by atoms with E-state index in [1.54, 1.807) is 12.1 Å². The van der Waals surface area contributed by atoms with Crippen molar-refractivity contribution in [2.45, 2.75) is 27.3 Å². The summed E-state index contributed by atoms with van der Waals surface area (Å²) in [6.07, 6.45) is 0. The Kier molecular flexibility index (Phi) is 4.28. The first-order valence-electron chi connectivity index (χ1n) is 6.65. The Morgan fingerprint density at radius 1 is 1.05 bits per heavy atom. The van der Waals surface area contributed by atoms with Gasteiger partial charge in [-0.2, -0.15) is 0 Å². The van der Waals surface area contributed by atoms with Crippen LogP contribution in [0.15, 0.2) is 30.3 Å². The lowest BCUT2D eigenvalue weighted by molar-refractivity contribution is 0.387. The van der Waals surface area contributed by atoms with Crippen LogP contribution in [0.3, 0.4) is 0 Å². The maximum atomic E-state index is 13.4. The molecule has 0 atom stereocenters. The molecular weight excluding hydrogens is 253 g/mol. The third-order valence-electron chi connectivity index (χ3n) is 3.46. The van der Waals surface area contributed by atoms with Crippen molar-refractivity contribution in [3.63, 3.8) is 0 Å². The zero-order valence-electron chi connectivity index (χ0n) is 12.4. The van der Waals surface area contributed by atoms with Crippen molar-refractivity contribution in [3.8, 4) is 5.75 Å². The normalized spacial score (nSPS) is 10.4. The second kappa shape index (κ2) is 5.95. The molecule has 2 nitrogen and oxygen atoms in total. The molecule has 2 aromatic carbocycles. The molecule has 3 heteroatoms. The van der Waals surface area contributed by atoms with Crippen LogP contribution in [0.1, 0.15) is 22.3 Å². The van der Waals surface area contributed by atoms with Crippen LogP contribution in [-0.2, 0) is 6.54 Å². The zero-order chi connectivity index (χ0) is 14.7. The van der Waals surface area contributed by atoms with Gasteiger partial charge in [-0.15, -0.1) is 0 Å². The highest BCUT2D eigenvalue weighted by Crippen LogP contribution is 2.23. The van der Waals surface area contributed by atoms with E-state index in [4.69, 9.17) is 4.74 Å². The van der Waals surface area contributed by atoms with Crippen LogP contribution >= 0.6 is 0 Å². The molecule has 0 bridgehead atoms. The molecule has 0 aliphatic heterocycles. The molecule has 0 unspecified atom stereocenters. The molecule has 0 heterocycles. The van der Waals surface area contributed by atoms with Gasteiger partial charge >= 0.3 is 0 Å². The van der Waals surface area contributed by atoms with Crippen LogP contribution < -0.4 is 10.1 Å². The quantitative estimate of drug-likeness (QED) is 0.893. The number of halogens is 1. The van der Waals surface area contributed by atoms with Crippen molar-refractivity contribution < 1.29 is 9.13 Å². The van der Waals surface area contributed by atoms with Crippen molar-refractivity contribution in [1.29, 1.82) is 0 Å². The van der Waals surface area contributed by atoms with Gasteiger partial charge in [0.05, 0.1) is 7.11 Å². The van der Waals surface area contributed by atoms with Crippen molar-refractivity contribution in [2.24, 2.45) is 0 Å². The topological polar surface area (TPSA) is 21.3 Å². The molecule has 20 heavy (non-hydrogen) atoms. The van der Waals surface area contributed by atoms with Gasteiger partial charge in [0.1, 0.15) is 0 Å². The summed E-state index contributed by atoms with van der Waals surface area (Å²) >= 11 is 0. The predicted octanol–water partition coefficient (Wildman–Crippen LogP) is 4.37. The van der Waals surface area contributed by atoms with Gasteiger partial charge in [-0.25, -0.2) is 4.39 Å². The summed E-state index contributed by atoms with van der Waals surface area (Å²) in [6, 6.07) is 9.16. The molecule has 0 fully saturated rings.